The number of carbonyl (C=O) groups excluding carboxylic acids is 2. The Kier molecular flexibility index (Phi) is 9.13. The molecule has 132 valence electrons. The van der Waals surface area contributed by atoms with Crippen molar-refractivity contribution in [2.45, 2.75) is 13.3 Å². The van der Waals surface area contributed by atoms with E-state index in [2.05, 4.69) is 33.1 Å². The average Bonchev–Trinajstić information content (AvgIpc) is 2.88. The minimum atomic E-state index is -0.331. The van der Waals surface area contributed by atoms with E-state index in [1.54, 1.807) is 0 Å². The summed E-state index contributed by atoms with van der Waals surface area (Å²) < 4.78 is 0. The quantitative estimate of drug-likeness (QED) is 0.253. The van der Waals surface area contributed by atoms with Crippen LogP contribution >= 0.6 is 24.0 Å². The lowest BCUT2D eigenvalue weighted by molar-refractivity contribution is -0.124. The van der Waals surface area contributed by atoms with Crippen LogP contribution in [0.5, 0.6) is 0 Å². The van der Waals surface area contributed by atoms with Crippen LogP contribution in [0.3, 0.4) is 0 Å². The second-order valence-corrected chi connectivity index (χ2v) is 5.13. The average molecular weight is 445 g/mol. The number of imide groups is 1. The van der Waals surface area contributed by atoms with Gasteiger partial charge in [-0.25, -0.2) is 4.79 Å². The zero-order chi connectivity index (χ0) is 16.5. The molecule has 1 heterocycles. The molecule has 1 aliphatic heterocycles. The van der Waals surface area contributed by atoms with Gasteiger partial charge >= 0.3 is 6.03 Å². The van der Waals surface area contributed by atoms with E-state index in [-0.39, 0.29) is 42.5 Å². The largest absolute Gasteiger partial charge is 0.357 e. The van der Waals surface area contributed by atoms with Crippen LogP contribution < -0.4 is 16.0 Å². The highest BCUT2D eigenvalue weighted by Gasteiger charge is 2.27. The predicted molar refractivity (Wildman–Crippen MR) is 105 cm³/mol. The van der Waals surface area contributed by atoms with Gasteiger partial charge in [0.15, 0.2) is 5.96 Å². The standard InChI is InChI=1S/C16H23N5O2.HI/c1-2-17-15(18-9-8-13-6-4-3-5-7-13)19-10-11-21-14(22)12-20-16(21)23;/h3-7H,2,8-12H2,1H3,(H,20,23)(H2,17,18,19);1H. The highest BCUT2D eigenvalue weighted by Crippen LogP contribution is 1.99. The maximum atomic E-state index is 11.5. The molecule has 0 aliphatic carbocycles. The predicted octanol–water partition coefficient (Wildman–Crippen LogP) is 0.954. The third kappa shape index (κ3) is 6.34. The van der Waals surface area contributed by atoms with E-state index in [1.807, 2.05) is 25.1 Å². The van der Waals surface area contributed by atoms with Crippen molar-refractivity contribution in [2.75, 3.05) is 32.7 Å². The van der Waals surface area contributed by atoms with E-state index < -0.39 is 0 Å². The first-order chi connectivity index (χ1) is 11.2. The third-order valence-electron chi connectivity index (χ3n) is 3.42. The zero-order valence-corrected chi connectivity index (χ0v) is 16.1. The van der Waals surface area contributed by atoms with E-state index in [4.69, 9.17) is 0 Å². The van der Waals surface area contributed by atoms with Gasteiger partial charge in [-0.3, -0.25) is 14.7 Å². The fourth-order valence-electron chi connectivity index (χ4n) is 2.25. The number of hydrogen-bond acceptors (Lipinski definition) is 3. The van der Waals surface area contributed by atoms with Gasteiger partial charge in [0.05, 0.1) is 6.54 Å². The molecule has 1 aliphatic rings. The van der Waals surface area contributed by atoms with Crippen molar-refractivity contribution < 1.29 is 9.59 Å². The summed E-state index contributed by atoms with van der Waals surface area (Å²) in [6.45, 7) is 4.29. The number of guanidine groups is 1. The SMILES string of the molecule is CCNC(=NCCc1ccccc1)NCCN1C(=O)CNC1=O.I. The summed E-state index contributed by atoms with van der Waals surface area (Å²) in [4.78, 5) is 28.6. The molecule has 1 saturated heterocycles. The van der Waals surface area contributed by atoms with E-state index in [0.717, 1.165) is 13.0 Å². The summed E-state index contributed by atoms with van der Waals surface area (Å²) in [6, 6.07) is 9.85. The van der Waals surface area contributed by atoms with Crippen molar-refractivity contribution in [3.05, 3.63) is 35.9 Å². The van der Waals surface area contributed by atoms with Crippen LogP contribution in [0.25, 0.3) is 0 Å². The van der Waals surface area contributed by atoms with Gasteiger partial charge in [-0.05, 0) is 18.9 Å². The molecule has 1 aromatic carbocycles. The molecular weight excluding hydrogens is 421 g/mol. The minimum Gasteiger partial charge on any atom is -0.357 e. The van der Waals surface area contributed by atoms with Crippen LogP contribution in [-0.2, 0) is 11.2 Å². The Hall–Kier alpha value is -1.84. The lowest BCUT2D eigenvalue weighted by Crippen LogP contribution is -2.43. The molecule has 24 heavy (non-hydrogen) atoms. The Bertz CT molecular complexity index is 549. The van der Waals surface area contributed by atoms with E-state index in [1.165, 1.54) is 10.5 Å². The van der Waals surface area contributed by atoms with E-state index in [9.17, 15) is 9.59 Å². The molecular formula is C16H24IN5O2. The topological polar surface area (TPSA) is 85.8 Å². The summed E-state index contributed by atoms with van der Waals surface area (Å²) in [5.74, 6) is 0.498. The molecule has 0 radical (unpaired) electrons. The Labute approximate surface area is 159 Å². The molecule has 3 amide bonds. The first kappa shape index (κ1) is 20.2. The molecule has 0 saturated carbocycles. The number of nitrogens with one attached hydrogen (secondary N) is 3. The molecule has 2 rings (SSSR count). The summed E-state index contributed by atoms with van der Waals surface area (Å²) >= 11 is 0. The van der Waals surface area contributed by atoms with Crippen molar-refractivity contribution >= 4 is 41.9 Å². The van der Waals surface area contributed by atoms with E-state index in [0.29, 0.717) is 25.6 Å². The van der Waals surface area contributed by atoms with Crippen LogP contribution in [0.15, 0.2) is 35.3 Å². The normalized spacial score (nSPS) is 14.2. The van der Waals surface area contributed by atoms with Crippen molar-refractivity contribution in [1.29, 1.82) is 0 Å². The minimum absolute atomic E-state index is 0. The molecule has 0 aromatic heterocycles. The number of urea groups is 1. The van der Waals surface area contributed by atoms with Gasteiger partial charge in [0, 0.05) is 26.2 Å². The van der Waals surface area contributed by atoms with Crippen molar-refractivity contribution in [1.82, 2.24) is 20.9 Å². The van der Waals surface area contributed by atoms with Crippen LogP contribution in [0.2, 0.25) is 0 Å². The fraction of sp³-hybridized carbons (Fsp3) is 0.438. The molecule has 0 bridgehead atoms. The number of benzene rings is 1. The van der Waals surface area contributed by atoms with Crippen LogP contribution in [0.4, 0.5) is 4.79 Å². The second kappa shape index (κ2) is 10.8. The van der Waals surface area contributed by atoms with Crippen LogP contribution in [0.1, 0.15) is 12.5 Å². The van der Waals surface area contributed by atoms with Gasteiger partial charge in [-0.2, -0.15) is 0 Å². The first-order valence-electron chi connectivity index (χ1n) is 7.85. The Balaban J connectivity index is 0.00000288. The molecule has 0 atom stereocenters. The second-order valence-electron chi connectivity index (χ2n) is 5.13. The monoisotopic (exact) mass is 445 g/mol. The maximum Gasteiger partial charge on any atom is 0.324 e. The van der Waals surface area contributed by atoms with Crippen molar-refractivity contribution in [2.24, 2.45) is 4.99 Å². The Morgan fingerprint density at radius 1 is 1.25 bits per heavy atom. The lowest BCUT2D eigenvalue weighted by Gasteiger charge is -2.15. The third-order valence-corrected chi connectivity index (χ3v) is 3.42. The smallest absolute Gasteiger partial charge is 0.324 e. The Morgan fingerprint density at radius 2 is 2.00 bits per heavy atom. The number of amides is 3. The first-order valence-corrected chi connectivity index (χ1v) is 7.85. The van der Waals surface area contributed by atoms with E-state index >= 15 is 0 Å². The zero-order valence-electron chi connectivity index (χ0n) is 13.7. The molecule has 0 unspecified atom stereocenters. The molecule has 7 nitrogen and oxygen atoms in total. The number of rotatable bonds is 7. The van der Waals surface area contributed by atoms with Gasteiger partial charge in [0.25, 0.3) is 0 Å². The maximum absolute atomic E-state index is 11.5. The fourth-order valence-corrected chi connectivity index (χ4v) is 2.25. The van der Waals surface area contributed by atoms with Gasteiger partial charge < -0.3 is 16.0 Å². The van der Waals surface area contributed by atoms with Gasteiger partial charge in [-0.1, -0.05) is 30.3 Å². The molecule has 3 N–H and O–H groups in total. The summed E-state index contributed by atoms with van der Waals surface area (Å²) in [5.41, 5.74) is 1.24. The summed E-state index contributed by atoms with van der Waals surface area (Å²) in [7, 11) is 0. The number of halogens is 1. The molecule has 1 fully saturated rings. The number of nitrogens with zero attached hydrogens (tertiary/aromatic N) is 2. The molecule has 8 heteroatoms. The van der Waals surface area contributed by atoms with Gasteiger partial charge in [0.1, 0.15) is 0 Å². The molecule has 1 aromatic rings. The van der Waals surface area contributed by atoms with Crippen LogP contribution in [-0.4, -0.2) is 55.5 Å². The van der Waals surface area contributed by atoms with Gasteiger partial charge in [0.2, 0.25) is 5.91 Å². The highest BCUT2D eigenvalue weighted by molar-refractivity contribution is 14.0. The van der Waals surface area contributed by atoms with Crippen molar-refractivity contribution in [3.8, 4) is 0 Å². The Morgan fingerprint density at radius 3 is 2.62 bits per heavy atom. The van der Waals surface area contributed by atoms with Crippen LogP contribution in [0, 0.1) is 0 Å². The number of hydrogen-bond donors (Lipinski definition) is 3. The lowest BCUT2D eigenvalue weighted by atomic mass is 10.2. The highest BCUT2D eigenvalue weighted by atomic mass is 127. The number of aliphatic imine (C=N–C) groups is 1. The summed E-state index contributed by atoms with van der Waals surface area (Å²) in [5, 5.41) is 8.79. The number of carbonyl (C=O) groups is 2. The van der Waals surface area contributed by atoms with Gasteiger partial charge in [-0.15, -0.1) is 24.0 Å². The summed E-state index contributed by atoms with van der Waals surface area (Å²) in [6.07, 6.45) is 0.866. The molecule has 0 spiro atoms. The van der Waals surface area contributed by atoms with Crippen molar-refractivity contribution in [3.63, 3.8) is 0 Å².